The van der Waals surface area contributed by atoms with Crippen LogP contribution in [0.1, 0.15) is 32.8 Å². The van der Waals surface area contributed by atoms with Crippen molar-refractivity contribution in [1.29, 1.82) is 0 Å². The molecular formula is C14H21NO3S. The van der Waals surface area contributed by atoms with E-state index in [1.54, 1.807) is 0 Å². The number of anilines is 1. The summed E-state index contributed by atoms with van der Waals surface area (Å²) in [6.07, 6.45) is 1.11. The number of amides is 1. The Morgan fingerprint density at radius 1 is 1.21 bits per heavy atom. The van der Waals surface area contributed by atoms with Gasteiger partial charge < -0.3 is 5.32 Å². The number of hydrogen-bond acceptors (Lipinski definition) is 3. The van der Waals surface area contributed by atoms with Gasteiger partial charge in [0.2, 0.25) is 5.91 Å². The van der Waals surface area contributed by atoms with Gasteiger partial charge in [0, 0.05) is 18.4 Å². The lowest BCUT2D eigenvalue weighted by Crippen LogP contribution is -2.20. The van der Waals surface area contributed by atoms with E-state index < -0.39 is 9.84 Å². The Labute approximate surface area is 115 Å². The zero-order valence-corrected chi connectivity index (χ0v) is 12.7. The Bertz CT molecular complexity index is 556. The number of nitrogens with one attached hydrogen (secondary N) is 1. The van der Waals surface area contributed by atoms with Gasteiger partial charge in [-0.2, -0.15) is 0 Å². The highest BCUT2D eigenvalue weighted by atomic mass is 32.2. The lowest BCUT2D eigenvalue weighted by molar-refractivity contribution is -0.115. The van der Waals surface area contributed by atoms with Crippen LogP contribution in [0, 0.1) is 0 Å². The van der Waals surface area contributed by atoms with E-state index in [0.717, 1.165) is 17.5 Å². The maximum Gasteiger partial charge on any atom is 0.225 e. The molecule has 0 aromatic heterocycles. The lowest BCUT2D eigenvalue weighted by atomic mass is 9.86. The molecule has 0 spiro atoms. The third-order valence-electron chi connectivity index (χ3n) is 2.71. The number of carbonyl (C=O) groups is 1. The van der Waals surface area contributed by atoms with E-state index in [1.807, 2.05) is 24.3 Å². The number of para-hydroxylation sites is 1. The van der Waals surface area contributed by atoms with Crippen molar-refractivity contribution in [3.63, 3.8) is 0 Å². The van der Waals surface area contributed by atoms with E-state index in [9.17, 15) is 13.2 Å². The van der Waals surface area contributed by atoms with Crippen LogP contribution in [-0.4, -0.2) is 26.3 Å². The molecule has 4 nitrogen and oxygen atoms in total. The van der Waals surface area contributed by atoms with Crippen LogP contribution < -0.4 is 5.32 Å². The summed E-state index contributed by atoms with van der Waals surface area (Å²) in [6, 6.07) is 7.57. The predicted octanol–water partition coefficient (Wildman–Crippen LogP) is 2.36. The molecule has 0 saturated heterocycles. The number of benzene rings is 1. The van der Waals surface area contributed by atoms with Crippen molar-refractivity contribution in [2.24, 2.45) is 0 Å². The lowest BCUT2D eigenvalue weighted by Gasteiger charge is -2.23. The first-order valence-electron chi connectivity index (χ1n) is 6.17. The van der Waals surface area contributed by atoms with Gasteiger partial charge in [0.05, 0.1) is 5.75 Å². The molecular weight excluding hydrogens is 262 g/mol. The number of rotatable bonds is 4. The van der Waals surface area contributed by atoms with Crippen LogP contribution >= 0.6 is 0 Å². The maximum absolute atomic E-state index is 11.8. The molecule has 0 heterocycles. The fraction of sp³-hybridized carbons (Fsp3) is 0.500. The molecule has 5 heteroatoms. The van der Waals surface area contributed by atoms with Crippen LogP contribution in [0.4, 0.5) is 5.69 Å². The third-order valence-corrected chi connectivity index (χ3v) is 3.65. The molecule has 0 aliphatic rings. The van der Waals surface area contributed by atoms with Gasteiger partial charge in [-0.3, -0.25) is 4.79 Å². The van der Waals surface area contributed by atoms with Gasteiger partial charge in [0.15, 0.2) is 0 Å². The summed E-state index contributed by atoms with van der Waals surface area (Å²) in [5.74, 6) is -0.404. The Morgan fingerprint density at radius 2 is 1.79 bits per heavy atom. The van der Waals surface area contributed by atoms with Crippen molar-refractivity contribution in [3.8, 4) is 0 Å². The van der Waals surface area contributed by atoms with Crippen molar-refractivity contribution in [2.75, 3.05) is 17.3 Å². The van der Waals surface area contributed by atoms with Crippen molar-refractivity contribution in [2.45, 2.75) is 32.6 Å². The van der Waals surface area contributed by atoms with Gasteiger partial charge in [-0.25, -0.2) is 8.42 Å². The van der Waals surface area contributed by atoms with Crippen LogP contribution in [0.2, 0.25) is 0 Å². The van der Waals surface area contributed by atoms with E-state index in [4.69, 9.17) is 0 Å². The first kappa shape index (κ1) is 15.7. The second-order valence-corrected chi connectivity index (χ2v) is 7.98. The zero-order chi connectivity index (χ0) is 14.7. The van der Waals surface area contributed by atoms with E-state index in [1.165, 1.54) is 0 Å². The monoisotopic (exact) mass is 283 g/mol. The Kier molecular flexibility index (Phi) is 4.74. The molecule has 0 bridgehead atoms. The molecule has 1 N–H and O–H groups in total. The maximum atomic E-state index is 11.8. The topological polar surface area (TPSA) is 63.2 Å². The van der Waals surface area contributed by atoms with Crippen LogP contribution in [0.15, 0.2) is 24.3 Å². The standard InChI is InChI=1S/C14H21NO3S/c1-14(2,3)11-7-5-6-8-12(11)15-13(16)9-10-19(4,17)18/h5-8H,9-10H2,1-4H3,(H,15,16). The molecule has 0 aliphatic carbocycles. The average molecular weight is 283 g/mol. The molecule has 0 saturated carbocycles. The third kappa shape index (κ3) is 5.42. The van der Waals surface area contributed by atoms with Crippen molar-refractivity contribution in [3.05, 3.63) is 29.8 Å². The molecule has 106 valence electrons. The molecule has 1 aromatic rings. The summed E-state index contributed by atoms with van der Waals surface area (Å²) in [6.45, 7) is 6.19. The summed E-state index contributed by atoms with van der Waals surface area (Å²) in [5.41, 5.74) is 1.69. The highest BCUT2D eigenvalue weighted by Gasteiger charge is 2.18. The fourth-order valence-electron chi connectivity index (χ4n) is 1.74. The van der Waals surface area contributed by atoms with Gasteiger partial charge in [-0.1, -0.05) is 39.0 Å². The SMILES string of the molecule is CC(C)(C)c1ccccc1NC(=O)CCS(C)(=O)=O. The van der Waals surface area contributed by atoms with Gasteiger partial charge in [-0.15, -0.1) is 0 Å². The minimum atomic E-state index is -3.11. The number of sulfone groups is 1. The van der Waals surface area contributed by atoms with Gasteiger partial charge in [0.25, 0.3) is 0 Å². The van der Waals surface area contributed by atoms with Crippen LogP contribution in [0.25, 0.3) is 0 Å². The van der Waals surface area contributed by atoms with E-state index in [-0.39, 0.29) is 23.5 Å². The second kappa shape index (κ2) is 5.74. The predicted molar refractivity (Wildman–Crippen MR) is 78.1 cm³/mol. The summed E-state index contributed by atoms with van der Waals surface area (Å²) >= 11 is 0. The van der Waals surface area contributed by atoms with E-state index >= 15 is 0 Å². The summed E-state index contributed by atoms with van der Waals surface area (Å²) < 4.78 is 22.1. The second-order valence-electron chi connectivity index (χ2n) is 5.72. The highest BCUT2D eigenvalue weighted by Crippen LogP contribution is 2.29. The number of hydrogen-bond donors (Lipinski definition) is 1. The Balaban J connectivity index is 2.81. The molecule has 0 radical (unpaired) electrons. The van der Waals surface area contributed by atoms with Crippen molar-refractivity contribution >= 4 is 21.4 Å². The van der Waals surface area contributed by atoms with Crippen LogP contribution in [0.3, 0.4) is 0 Å². The van der Waals surface area contributed by atoms with Crippen LogP contribution in [-0.2, 0) is 20.0 Å². The molecule has 1 aromatic carbocycles. The summed E-state index contributed by atoms with van der Waals surface area (Å²) in [4.78, 5) is 11.8. The molecule has 0 unspecified atom stereocenters. The van der Waals surface area contributed by atoms with E-state index in [2.05, 4.69) is 26.1 Å². The highest BCUT2D eigenvalue weighted by molar-refractivity contribution is 7.90. The van der Waals surface area contributed by atoms with Gasteiger partial charge in [-0.05, 0) is 17.0 Å². The molecule has 1 amide bonds. The molecule has 19 heavy (non-hydrogen) atoms. The summed E-state index contributed by atoms with van der Waals surface area (Å²) in [5, 5.41) is 2.79. The fourth-order valence-corrected chi connectivity index (χ4v) is 2.29. The average Bonchev–Trinajstić information content (AvgIpc) is 2.25. The van der Waals surface area contributed by atoms with E-state index in [0.29, 0.717) is 0 Å². The zero-order valence-electron chi connectivity index (χ0n) is 11.9. The van der Waals surface area contributed by atoms with Crippen molar-refractivity contribution < 1.29 is 13.2 Å². The first-order chi connectivity index (χ1) is 8.59. The quantitative estimate of drug-likeness (QED) is 0.922. The van der Waals surface area contributed by atoms with Gasteiger partial charge in [0.1, 0.15) is 9.84 Å². The molecule has 1 rings (SSSR count). The first-order valence-corrected chi connectivity index (χ1v) is 8.23. The molecule has 0 atom stereocenters. The normalized spacial score (nSPS) is 12.2. The minimum absolute atomic E-state index is 0.0166. The van der Waals surface area contributed by atoms with Gasteiger partial charge >= 0.3 is 0 Å². The Hall–Kier alpha value is -1.36. The smallest absolute Gasteiger partial charge is 0.225 e. The largest absolute Gasteiger partial charge is 0.326 e. The summed E-state index contributed by atoms with van der Waals surface area (Å²) in [7, 11) is -3.11. The van der Waals surface area contributed by atoms with Crippen LogP contribution in [0.5, 0.6) is 0 Å². The molecule has 0 aliphatic heterocycles. The minimum Gasteiger partial charge on any atom is -0.326 e. The van der Waals surface area contributed by atoms with Crippen molar-refractivity contribution in [1.82, 2.24) is 0 Å². The molecule has 0 fully saturated rings. The Morgan fingerprint density at radius 3 is 2.32 bits per heavy atom. The number of carbonyl (C=O) groups excluding carboxylic acids is 1.